The number of carboxylic acids is 1. The van der Waals surface area contributed by atoms with E-state index in [0.29, 0.717) is 10.8 Å². The monoisotopic (exact) mass is 314 g/mol. The lowest BCUT2D eigenvalue weighted by molar-refractivity contribution is 0.0694. The number of aromatic amines is 1. The van der Waals surface area contributed by atoms with Crippen LogP contribution in [0.25, 0.3) is 11.1 Å². The standard InChI is InChI=1S/C16H11ClN2O3/c17-13-3-1-2-4-15(13)22-14-6-5-10(7-12(14)16(20)21)11-8-18-19-9-11/h1-9H,(H,18,19)(H,20,21). The molecule has 6 heteroatoms. The van der Waals surface area contributed by atoms with Crippen molar-refractivity contribution < 1.29 is 14.6 Å². The number of carbonyl (C=O) groups is 1. The van der Waals surface area contributed by atoms with Crippen molar-refractivity contribution in [1.29, 1.82) is 0 Å². The molecule has 0 amide bonds. The molecular weight excluding hydrogens is 304 g/mol. The van der Waals surface area contributed by atoms with Crippen molar-refractivity contribution in [2.24, 2.45) is 0 Å². The number of hydrogen-bond acceptors (Lipinski definition) is 3. The molecule has 0 aliphatic heterocycles. The van der Waals surface area contributed by atoms with E-state index >= 15 is 0 Å². The molecule has 0 saturated carbocycles. The molecule has 0 bridgehead atoms. The Morgan fingerprint density at radius 3 is 2.64 bits per heavy atom. The average molecular weight is 315 g/mol. The van der Waals surface area contributed by atoms with Crippen molar-refractivity contribution in [3.63, 3.8) is 0 Å². The summed E-state index contributed by atoms with van der Waals surface area (Å²) in [7, 11) is 0. The van der Waals surface area contributed by atoms with Gasteiger partial charge < -0.3 is 9.84 Å². The van der Waals surface area contributed by atoms with Gasteiger partial charge in [-0.2, -0.15) is 5.10 Å². The smallest absolute Gasteiger partial charge is 0.339 e. The van der Waals surface area contributed by atoms with Gasteiger partial charge in [-0.15, -0.1) is 0 Å². The summed E-state index contributed by atoms with van der Waals surface area (Å²) >= 11 is 6.03. The zero-order valence-corrected chi connectivity index (χ0v) is 12.0. The zero-order chi connectivity index (χ0) is 15.5. The number of nitrogens with zero attached hydrogens (tertiary/aromatic N) is 1. The first-order valence-electron chi connectivity index (χ1n) is 6.44. The number of carboxylic acid groups (broad SMARTS) is 1. The minimum Gasteiger partial charge on any atom is -0.478 e. The third-order valence-corrected chi connectivity index (χ3v) is 3.41. The van der Waals surface area contributed by atoms with Gasteiger partial charge in [-0.1, -0.05) is 29.8 Å². The maximum atomic E-state index is 11.5. The molecule has 0 saturated heterocycles. The van der Waals surface area contributed by atoms with E-state index < -0.39 is 5.97 Å². The molecule has 110 valence electrons. The quantitative estimate of drug-likeness (QED) is 0.756. The summed E-state index contributed by atoms with van der Waals surface area (Å²) in [5.74, 6) is -0.442. The maximum Gasteiger partial charge on any atom is 0.339 e. The number of aromatic nitrogens is 2. The van der Waals surface area contributed by atoms with Crippen molar-refractivity contribution in [3.05, 3.63) is 65.4 Å². The molecule has 22 heavy (non-hydrogen) atoms. The summed E-state index contributed by atoms with van der Waals surface area (Å²) in [6.07, 6.45) is 3.31. The van der Waals surface area contributed by atoms with Crippen LogP contribution in [-0.2, 0) is 0 Å². The molecule has 0 unspecified atom stereocenters. The second-order valence-corrected chi connectivity index (χ2v) is 4.94. The molecule has 0 spiro atoms. The molecule has 0 aliphatic carbocycles. The van der Waals surface area contributed by atoms with E-state index in [1.165, 1.54) is 0 Å². The summed E-state index contributed by atoms with van der Waals surface area (Å²) in [6, 6.07) is 11.8. The molecule has 0 radical (unpaired) electrons. The van der Waals surface area contributed by atoms with Crippen LogP contribution in [0.4, 0.5) is 0 Å². The molecule has 5 nitrogen and oxygen atoms in total. The van der Waals surface area contributed by atoms with Crippen LogP contribution in [-0.4, -0.2) is 21.3 Å². The number of nitrogens with one attached hydrogen (secondary N) is 1. The van der Waals surface area contributed by atoms with Crippen molar-refractivity contribution in [3.8, 4) is 22.6 Å². The summed E-state index contributed by atoms with van der Waals surface area (Å²) in [4.78, 5) is 11.5. The Bertz CT molecular complexity index is 816. The molecule has 2 N–H and O–H groups in total. The number of aromatic carboxylic acids is 1. The van der Waals surface area contributed by atoms with Crippen LogP contribution >= 0.6 is 11.6 Å². The fourth-order valence-corrected chi connectivity index (χ4v) is 2.19. The average Bonchev–Trinajstić information content (AvgIpc) is 3.04. The fraction of sp³-hybridized carbons (Fsp3) is 0. The second kappa shape index (κ2) is 5.91. The Balaban J connectivity index is 2.01. The molecule has 0 fully saturated rings. The van der Waals surface area contributed by atoms with E-state index in [2.05, 4.69) is 10.2 Å². The van der Waals surface area contributed by atoms with Crippen molar-refractivity contribution in [1.82, 2.24) is 10.2 Å². The molecule has 3 aromatic rings. The lowest BCUT2D eigenvalue weighted by Crippen LogP contribution is -2.00. The Morgan fingerprint density at radius 2 is 1.95 bits per heavy atom. The van der Waals surface area contributed by atoms with Crippen LogP contribution in [0.3, 0.4) is 0 Å². The number of para-hydroxylation sites is 1. The highest BCUT2D eigenvalue weighted by Crippen LogP contribution is 2.33. The lowest BCUT2D eigenvalue weighted by Gasteiger charge is -2.11. The molecular formula is C16H11ClN2O3. The summed E-state index contributed by atoms with van der Waals surface area (Å²) in [5, 5.41) is 16.4. The van der Waals surface area contributed by atoms with Crippen molar-refractivity contribution in [2.75, 3.05) is 0 Å². The predicted molar refractivity (Wildman–Crippen MR) is 82.5 cm³/mol. The lowest BCUT2D eigenvalue weighted by atomic mass is 10.1. The topological polar surface area (TPSA) is 75.2 Å². The van der Waals surface area contributed by atoms with Gasteiger partial charge >= 0.3 is 5.97 Å². The Labute approximate surface area is 131 Å². The molecule has 0 aliphatic rings. The molecule has 3 rings (SSSR count). The van der Waals surface area contributed by atoms with Gasteiger partial charge in [0.1, 0.15) is 17.1 Å². The largest absolute Gasteiger partial charge is 0.478 e. The van der Waals surface area contributed by atoms with E-state index in [0.717, 1.165) is 11.1 Å². The van der Waals surface area contributed by atoms with Gasteiger partial charge in [0.2, 0.25) is 0 Å². The SMILES string of the molecule is O=C(O)c1cc(-c2cn[nH]c2)ccc1Oc1ccccc1Cl. The van der Waals surface area contributed by atoms with Crippen LogP contribution in [0, 0.1) is 0 Å². The minimum absolute atomic E-state index is 0.0543. The first-order chi connectivity index (χ1) is 10.6. The highest BCUT2D eigenvalue weighted by molar-refractivity contribution is 6.32. The molecule has 1 aromatic heterocycles. The van der Waals surface area contributed by atoms with Gasteiger partial charge in [-0.25, -0.2) is 4.79 Å². The van der Waals surface area contributed by atoms with E-state index in [-0.39, 0.29) is 11.3 Å². The van der Waals surface area contributed by atoms with Gasteiger partial charge in [0.05, 0.1) is 11.2 Å². The van der Waals surface area contributed by atoms with E-state index in [4.69, 9.17) is 16.3 Å². The Hall–Kier alpha value is -2.79. The number of rotatable bonds is 4. The van der Waals surface area contributed by atoms with Crippen LogP contribution in [0.5, 0.6) is 11.5 Å². The van der Waals surface area contributed by atoms with Gasteiger partial charge in [0.25, 0.3) is 0 Å². The summed E-state index contributed by atoms with van der Waals surface area (Å²) < 4.78 is 5.64. The third kappa shape index (κ3) is 2.80. The highest BCUT2D eigenvalue weighted by Gasteiger charge is 2.15. The van der Waals surface area contributed by atoms with E-state index in [1.54, 1.807) is 54.9 Å². The molecule has 1 heterocycles. The summed E-state index contributed by atoms with van der Waals surface area (Å²) in [6.45, 7) is 0. The minimum atomic E-state index is -1.08. The fourth-order valence-electron chi connectivity index (χ4n) is 2.02. The maximum absolute atomic E-state index is 11.5. The summed E-state index contributed by atoms with van der Waals surface area (Å²) in [5.41, 5.74) is 1.59. The third-order valence-electron chi connectivity index (χ3n) is 3.10. The van der Waals surface area contributed by atoms with E-state index in [9.17, 15) is 9.90 Å². The van der Waals surface area contributed by atoms with Crippen molar-refractivity contribution >= 4 is 17.6 Å². The number of benzene rings is 2. The number of H-pyrrole nitrogens is 1. The number of hydrogen-bond donors (Lipinski definition) is 2. The first kappa shape index (κ1) is 14.2. The molecule has 2 aromatic carbocycles. The zero-order valence-electron chi connectivity index (χ0n) is 11.3. The second-order valence-electron chi connectivity index (χ2n) is 4.54. The van der Waals surface area contributed by atoms with Crippen molar-refractivity contribution in [2.45, 2.75) is 0 Å². The van der Waals surface area contributed by atoms with Gasteiger partial charge in [-0.05, 0) is 29.8 Å². The predicted octanol–water partition coefficient (Wildman–Crippen LogP) is 4.22. The van der Waals surface area contributed by atoms with Gasteiger partial charge in [0.15, 0.2) is 0 Å². The van der Waals surface area contributed by atoms with Crippen LogP contribution in [0.2, 0.25) is 5.02 Å². The Kier molecular flexibility index (Phi) is 3.80. The number of ether oxygens (including phenoxy) is 1. The molecule has 0 atom stereocenters. The van der Waals surface area contributed by atoms with Crippen LogP contribution in [0.1, 0.15) is 10.4 Å². The van der Waals surface area contributed by atoms with Gasteiger partial charge in [0, 0.05) is 11.8 Å². The van der Waals surface area contributed by atoms with Gasteiger partial charge in [-0.3, -0.25) is 5.10 Å². The number of halogens is 1. The van der Waals surface area contributed by atoms with Crippen LogP contribution in [0.15, 0.2) is 54.9 Å². The normalized spacial score (nSPS) is 10.4. The first-order valence-corrected chi connectivity index (χ1v) is 6.82. The van der Waals surface area contributed by atoms with E-state index in [1.807, 2.05) is 0 Å². The Morgan fingerprint density at radius 1 is 1.14 bits per heavy atom. The van der Waals surface area contributed by atoms with Crippen LogP contribution < -0.4 is 4.74 Å². The highest BCUT2D eigenvalue weighted by atomic mass is 35.5.